The van der Waals surface area contributed by atoms with Crippen molar-refractivity contribution in [2.75, 3.05) is 7.11 Å². The van der Waals surface area contributed by atoms with Gasteiger partial charge in [0.25, 0.3) is 0 Å². The summed E-state index contributed by atoms with van der Waals surface area (Å²) in [7, 11) is -6.30. The van der Waals surface area contributed by atoms with Crippen LogP contribution < -0.4 is 0 Å². The van der Waals surface area contributed by atoms with E-state index in [1.807, 2.05) is 0 Å². The molecule has 0 aliphatic carbocycles. The van der Waals surface area contributed by atoms with E-state index >= 15 is 0 Å². The van der Waals surface area contributed by atoms with Crippen molar-refractivity contribution in [1.29, 1.82) is 0 Å². The smallest absolute Gasteiger partial charge is 0.206 e. The van der Waals surface area contributed by atoms with Gasteiger partial charge >= 0.3 is 0 Å². The van der Waals surface area contributed by atoms with Gasteiger partial charge in [0, 0.05) is 4.91 Å². The Morgan fingerprint density at radius 1 is 0.564 bits per heavy atom. The van der Waals surface area contributed by atoms with Gasteiger partial charge in [-0.25, -0.2) is 16.8 Å². The van der Waals surface area contributed by atoms with Crippen molar-refractivity contribution < 1.29 is 26.3 Å². The fourth-order valence-corrected chi connectivity index (χ4v) is 4.88. The standard InChI is InChI=1S/C31H36O6S2/c1-10-17-18-29(14-5)39(34,35)31(16-7)24-22-28(13-4)37-27(12-3)20-19-25(8)38(32,33)30(15-6)23-21-26(11-2)36-9/h10-24H,2-7H2,1,8-9H3/b17-10-,25-19+,26-21+,27-20+,28-22+,29-18+,30-23+,31-24+. The topological polar surface area (TPSA) is 86.7 Å². The lowest BCUT2D eigenvalue weighted by Gasteiger charge is -2.08. The predicted octanol–water partition coefficient (Wildman–Crippen LogP) is 7.38. The lowest BCUT2D eigenvalue weighted by Crippen LogP contribution is -2.04. The largest absolute Gasteiger partial charge is 0.497 e. The van der Waals surface area contributed by atoms with Crippen LogP contribution in [0.25, 0.3) is 0 Å². The number of ether oxygens (including phenoxy) is 2. The minimum absolute atomic E-state index is 0.00101. The second-order valence-electron chi connectivity index (χ2n) is 7.26. The quantitative estimate of drug-likeness (QED) is 0.134. The number of allylic oxidation sites excluding steroid dienone is 16. The summed E-state index contributed by atoms with van der Waals surface area (Å²) in [6, 6.07) is 0. The van der Waals surface area contributed by atoms with Crippen molar-refractivity contribution in [3.8, 4) is 0 Å². The van der Waals surface area contributed by atoms with Crippen LogP contribution in [0.3, 0.4) is 0 Å². The zero-order chi connectivity index (χ0) is 30.1. The first kappa shape index (κ1) is 34.9. The number of hydrogen-bond acceptors (Lipinski definition) is 6. The Labute approximate surface area is 234 Å². The lowest BCUT2D eigenvalue weighted by atomic mass is 10.3. The molecule has 0 aromatic rings. The average Bonchev–Trinajstić information content (AvgIpc) is 2.92. The molecule has 0 rings (SSSR count). The summed E-state index contributed by atoms with van der Waals surface area (Å²) in [5.74, 6) is 0.743. The number of rotatable bonds is 17. The zero-order valence-electron chi connectivity index (χ0n) is 22.7. The summed E-state index contributed by atoms with van der Waals surface area (Å²) in [6.45, 7) is 24.8. The van der Waals surface area contributed by atoms with Gasteiger partial charge in [-0.2, -0.15) is 0 Å². The van der Waals surface area contributed by atoms with Crippen LogP contribution in [-0.2, 0) is 29.1 Å². The lowest BCUT2D eigenvalue weighted by molar-refractivity contribution is 0.307. The molecule has 0 aromatic heterocycles. The maximum Gasteiger partial charge on any atom is 0.206 e. The Morgan fingerprint density at radius 2 is 0.974 bits per heavy atom. The molecule has 0 aliphatic heterocycles. The summed E-state index contributed by atoms with van der Waals surface area (Å²) in [5.41, 5.74) is 0. The van der Waals surface area contributed by atoms with E-state index in [4.69, 9.17) is 9.47 Å². The molecule has 6 nitrogen and oxygen atoms in total. The summed E-state index contributed by atoms with van der Waals surface area (Å²) in [6.07, 6.45) is 20.8. The second kappa shape index (κ2) is 17.4. The molecule has 0 heterocycles. The van der Waals surface area contributed by atoms with Crippen molar-refractivity contribution in [3.05, 3.63) is 168 Å². The van der Waals surface area contributed by atoms with Gasteiger partial charge in [-0.15, -0.1) is 0 Å². The molecule has 0 saturated carbocycles. The van der Waals surface area contributed by atoms with E-state index < -0.39 is 19.7 Å². The van der Waals surface area contributed by atoms with E-state index in [0.29, 0.717) is 5.76 Å². The molecule has 0 radical (unpaired) electrons. The highest BCUT2D eigenvalue weighted by atomic mass is 32.2. The van der Waals surface area contributed by atoms with Gasteiger partial charge in [-0.05, 0) is 74.6 Å². The van der Waals surface area contributed by atoms with Gasteiger partial charge in [0.05, 0.1) is 21.8 Å². The van der Waals surface area contributed by atoms with Gasteiger partial charge < -0.3 is 9.47 Å². The molecule has 0 amide bonds. The third-order valence-electron chi connectivity index (χ3n) is 4.79. The molecule has 0 N–H and O–H groups in total. The van der Waals surface area contributed by atoms with Gasteiger partial charge in [-0.3, -0.25) is 0 Å². The molecule has 39 heavy (non-hydrogen) atoms. The van der Waals surface area contributed by atoms with Crippen LogP contribution in [-0.4, -0.2) is 23.9 Å². The number of sulfone groups is 2. The second-order valence-corrected chi connectivity index (χ2v) is 11.3. The Bertz CT molecular complexity index is 1430. The molecule has 0 saturated heterocycles. The molecular weight excluding hydrogens is 532 g/mol. The third kappa shape index (κ3) is 10.6. The maximum atomic E-state index is 13.0. The Hall–Kier alpha value is -4.14. The first-order chi connectivity index (χ1) is 18.4. The van der Waals surface area contributed by atoms with Gasteiger partial charge in [0.2, 0.25) is 19.7 Å². The zero-order valence-corrected chi connectivity index (χ0v) is 24.3. The predicted molar refractivity (Wildman–Crippen MR) is 164 cm³/mol. The molecule has 0 bridgehead atoms. The molecule has 0 spiro atoms. The average molecular weight is 569 g/mol. The van der Waals surface area contributed by atoms with Crippen LogP contribution in [0, 0.1) is 0 Å². The summed E-state index contributed by atoms with van der Waals surface area (Å²) < 4.78 is 62.5. The van der Waals surface area contributed by atoms with Gasteiger partial charge in [-0.1, -0.05) is 69.9 Å². The minimum Gasteiger partial charge on any atom is -0.497 e. The first-order valence-corrected chi connectivity index (χ1v) is 14.4. The highest BCUT2D eigenvalue weighted by Gasteiger charge is 2.19. The third-order valence-corrected chi connectivity index (χ3v) is 8.55. The van der Waals surface area contributed by atoms with Crippen LogP contribution >= 0.6 is 0 Å². The van der Waals surface area contributed by atoms with Crippen LogP contribution in [0.4, 0.5) is 0 Å². The Kier molecular flexibility index (Phi) is 15.5. The number of hydrogen-bond donors (Lipinski definition) is 0. The fourth-order valence-electron chi connectivity index (χ4n) is 2.58. The summed E-state index contributed by atoms with van der Waals surface area (Å²) in [5, 5.41) is 0. The molecule has 0 atom stereocenters. The Morgan fingerprint density at radius 3 is 1.38 bits per heavy atom. The maximum absolute atomic E-state index is 13.0. The Balaban J connectivity index is 6.33. The van der Waals surface area contributed by atoms with Crippen molar-refractivity contribution in [3.63, 3.8) is 0 Å². The van der Waals surface area contributed by atoms with Crippen molar-refractivity contribution in [2.45, 2.75) is 13.8 Å². The molecule has 0 aromatic carbocycles. The monoisotopic (exact) mass is 568 g/mol. The van der Waals surface area contributed by atoms with E-state index in [0.717, 1.165) is 0 Å². The van der Waals surface area contributed by atoms with Crippen molar-refractivity contribution in [2.24, 2.45) is 0 Å². The van der Waals surface area contributed by atoms with E-state index in [9.17, 15) is 16.8 Å². The normalized spacial score (nSPS) is 15.0. The van der Waals surface area contributed by atoms with E-state index in [-0.39, 0.29) is 31.1 Å². The molecule has 0 unspecified atom stereocenters. The minimum atomic E-state index is -3.88. The van der Waals surface area contributed by atoms with Crippen LogP contribution in [0.1, 0.15) is 13.8 Å². The molecule has 0 fully saturated rings. The molecule has 0 aliphatic rings. The van der Waals surface area contributed by atoms with Crippen molar-refractivity contribution in [1.82, 2.24) is 0 Å². The fraction of sp³-hybridized carbons (Fsp3) is 0.0968. The van der Waals surface area contributed by atoms with E-state index in [1.165, 1.54) is 93.0 Å². The SMILES string of the molecule is C=C/C(=C\C=C(/C=C)S(=O)(=O)/C(C)=C/C=C(\C=C)O/C(C=C)=C/C=C(\C=C)S(=O)(=O)/C(C=C)=C/C=C\C)OC. The molecule has 208 valence electrons. The van der Waals surface area contributed by atoms with E-state index in [2.05, 4.69) is 39.5 Å². The van der Waals surface area contributed by atoms with Crippen molar-refractivity contribution >= 4 is 19.7 Å². The van der Waals surface area contributed by atoms with Crippen LogP contribution in [0.15, 0.2) is 168 Å². The first-order valence-electron chi connectivity index (χ1n) is 11.5. The molecular formula is C31H36O6S2. The van der Waals surface area contributed by atoms with E-state index in [1.54, 1.807) is 19.1 Å². The number of methoxy groups -OCH3 is 1. The summed E-state index contributed by atoms with van der Waals surface area (Å²) in [4.78, 5) is -0.116. The van der Waals surface area contributed by atoms with Crippen LogP contribution in [0.2, 0.25) is 0 Å². The highest BCUT2D eigenvalue weighted by molar-refractivity contribution is 7.99. The molecule has 8 heteroatoms. The highest BCUT2D eigenvalue weighted by Crippen LogP contribution is 2.22. The van der Waals surface area contributed by atoms with Crippen LogP contribution in [0.5, 0.6) is 0 Å². The van der Waals surface area contributed by atoms with Gasteiger partial charge in [0.15, 0.2) is 0 Å². The summed E-state index contributed by atoms with van der Waals surface area (Å²) >= 11 is 0. The van der Waals surface area contributed by atoms with Gasteiger partial charge in [0.1, 0.15) is 17.3 Å².